The fourth-order valence-electron chi connectivity index (χ4n) is 2.78. The van der Waals surface area contributed by atoms with Gasteiger partial charge in [0.05, 0.1) is 23.1 Å². The summed E-state index contributed by atoms with van der Waals surface area (Å²) in [4.78, 5) is 0. The van der Waals surface area contributed by atoms with Gasteiger partial charge in [-0.3, -0.25) is 0 Å². The maximum Gasteiger partial charge on any atom is 0.150 e. The monoisotopic (exact) mass is 300 g/mol. The third-order valence-corrected chi connectivity index (χ3v) is 5.67. The van der Waals surface area contributed by atoms with Crippen LogP contribution in [0.25, 0.3) is 10.8 Å². The summed E-state index contributed by atoms with van der Waals surface area (Å²) in [7, 11) is -2.84. The van der Waals surface area contributed by atoms with E-state index in [0.717, 1.165) is 16.5 Å². The van der Waals surface area contributed by atoms with Gasteiger partial charge in [0.2, 0.25) is 0 Å². The van der Waals surface area contributed by atoms with Crippen molar-refractivity contribution < 1.29 is 8.42 Å². The zero-order chi connectivity index (χ0) is 14.9. The van der Waals surface area contributed by atoms with Gasteiger partial charge >= 0.3 is 0 Å². The molecule has 5 heteroatoms. The van der Waals surface area contributed by atoms with E-state index in [9.17, 15) is 8.42 Å². The highest BCUT2D eigenvalue weighted by molar-refractivity contribution is 7.91. The summed E-state index contributed by atoms with van der Waals surface area (Å²) in [5, 5.41) is 14.5. The molecule has 21 heavy (non-hydrogen) atoms. The molecule has 0 unspecified atom stereocenters. The summed E-state index contributed by atoms with van der Waals surface area (Å²) in [5.41, 5.74) is 1.62. The molecule has 1 aliphatic rings. The van der Waals surface area contributed by atoms with E-state index in [0.29, 0.717) is 18.4 Å². The SMILES string of the molecule is N#Cc1ccc(NC2CCS(=O)(=O)CC2)c2ccccc12. The summed E-state index contributed by atoms with van der Waals surface area (Å²) in [5.74, 6) is 0.498. The number of fused-ring (bicyclic) bond motifs is 1. The Bertz CT molecular complexity index is 808. The van der Waals surface area contributed by atoms with Gasteiger partial charge in [-0.2, -0.15) is 5.26 Å². The van der Waals surface area contributed by atoms with Crippen molar-refractivity contribution in [1.82, 2.24) is 0 Å². The van der Waals surface area contributed by atoms with E-state index in [2.05, 4.69) is 11.4 Å². The molecule has 2 aromatic carbocycles. The Morgan fingerprint density at radius 2 is 1.71 bits per heavy atom. The van der Waals surface area contributed by atoms with Gasteiger partial charge < -0.3 is 5.32 Å². The van der Waals surface area contributed by atoms with Gasteiger partial charge in [-0.15, -0.1) is 0 Å². The summed E-state index contributed by atoms with van der Waals surface area (Å²) in [6.07, 6.45) is 1.27. The predicted octanol–water partition coefficient (Wildman–Crippen LogP) is 2.70. The second kappa shape index (κ2) is 5.38. The van der Waals surface area contributed by atoms with Gasteiger partial charge in [0.1, 0.15) is 9.84 Å². The molecule has 108 valence electrons. The highest BCUT2D eigenvalue weighted by Crippen LogP contribution is 2.28. The molecule has 0 amide bonds. The Labute approximate surface area is 124 Å². The Morgan fingerprint density at radius 1 is 1.05 bits per heavy atom. The molecule has 0 aromatic heterocycles. The van der Waals surface area contributed by atoms with Crippen LogP contribution < -0.4 is 5.32 Å². The molecule has 0 radical (unpaired) electrons. The van der Waals surface area contributed by atoms with E-state index in [-0.39, 0.29) is 17.5 Å². The molecule has 1 saturated heterocycles. The predicted molar refractivity (Wildman–Crippen MR) is 84.0 cm³/mol. The smallest absolute Gasteiger partial charge is 0.150 e. The van der Waals surface area contributed by atoms with Crippen molar-refractivity contribution in [3.05, 3.63) is 42.0 Å². The highest BCUT2D eigenvalue weighted by atomic mass is 32.2. The quantitative estimate of drug-likeness (QED) is 0.925. The van der Waals surface area contributed by atoms with E-state index >= 15 is 0 Å². The molecule has 0 spiro atoms. The van der Waals surface area contributed by atoms with Gasteiger partial charge in [-0.1, -0.05) is 24.3 Å². The van der Waals surface area contributed by atoms with E-state index in [1.165, 1.54) is 0 Å². The van der Waals surface area contributed by atoms with Crippen molar-refractivity contribution >= 4 is 26.3 Å². The largest absolute Gasteiger partial charge is 0.382 e. The minimum Gasteiger partial charge on any atom is -0.382 e. The molecule has 1 aliphatic heterocycles. The van der Waals surface area contributed by atoms with Gasteiger partial charge in [-0.25, -0.2) is 8.42 Å². The van der Waals surface area contributed by atoms with Crippen molar-refractivity contribution in [2.24, 2.45) is 0 Å². The lowest BCUT2D eigenvalue weighted by Crippen LogP contribution is -2.32. The summed E-state index contributed by atoms with van der Waals surface area (Å²) in [6.45, 7) is 0. The van der Waals surface area contributed by atoms with Crippen LogP contribution in [0.4, 0.5) is 5.69 Å². The van der Waals surface area contributed by atoms with Gasteiger partial charge in [-0.05, 0) is 25.0 Å². The highest BCUT2D eigenvalue weighted by Gasteiger charge is 2.23. The van der Waals surface area contributed by atoms with Gasteiger partial charge in [0, 0.05) is 22.5 Å². The maximum atomic E-state index is 11.5. The third kappa shape index (κ3) is 2.86. The number of benzene rings is 2. The third-order valence-electron chi connectivity index (χ3n) is 3.96. The number of rotatable bonds is 2. The first-order valence-corrected chi connectivity index (χ1v) is 8.80. The molecular formula is C16H16N2O2S. The minimum absolute atomic E-state index is 0.171. The number of hydrogen-bond acceptors (Lipinski definition) is 4. The lowest BCUT2D eigenvalue weighted by molar-refractivity contribution is 0.560. The normalized spacial score (nSPS) is 18.2. The fraction of sp³-hybridized carbons (Fsp3) is 0.312. The van der Waals surface area contributed by atoms with Crippen molar-refractivity contribution in [1.29, 1.82) is 5.26 Å². The molecule has 0 bridgehead atoms. The van der Waals surface area contributed by atoms with E-state index in [4.69, 9.17) is 5.26 Å². The van der Waals surface area contributed by atoms with Crippen LogP contribution in [0.5, 0.6) is 0 Å². The van der Waals surface area contributed by atoms with Crippen LogP contribution in [-0.4, -0.2) is 26.0 Å². The average molecular weight is 300 g/mol. The van der Waals surface area contributed by atoms with E-state index < -0.39 is 9.84 Å². The van der Waals surface area contributed by atoms with E-state index in [1.54, 1.807) is 0 Å². The molecule has 0 atom stereocenters. The van der Waals surface area contributed by atoms with E-state index in [1.807, 2.05) is 36.4 Å². The first-order valence-electron chi connectivity index (χ1n) is 6.98. The van der Waals surface area contributed by atoms with Crippen LogP contribution >= 0.6 is 0 Å². The molecule has 0 aliphatic carbocycles. The van der Waals surface area contributed by atoms with Crippen LogP contribution in [-0.2, 0) is 9.84 Å². The first-order chi connectivity index (χ1) is 10.1. The zero-order valence-electron chi connectivity index (χ0n) is 11.5. The lowest BCUT2D eigenvalue weighted by Gasteiger charge is -2.24. The van der Waals surface area contributed by atoms with Gasteiger partial charge in [0.25, 0.3) is 0 Å². The number of hydrogen-bond donors (Lipinski definition) is 1. The number of nitrogens with zero attached hydrogens (tertiary/aromatic N) is 1. The first kappa shape index (κ1) is 13.9. The number of nitrogens with one attached hydrogen (secondary N) is 1. The Morgan fingerprint density at radius 3 is 2.38 bits per heavy atom. The second-order valence-electron chi connectivity index (χ2n) is 5.39. The lowest BCUT2D eigenvalue weighted by atomic mass is 10.0. The van der Waals surface area contributed by atoms with Gasteiger partial charge in [0.15, 0.2) is 0 Å². The molecule has 2 aromatic rings. The van der Waals surface area contributed by atoms with Crippen LogP contribution in [0.2, 0.25) is 0 Å². The molecule has 1 fully saturated rings. The van der Waals surface area contributed by atoms with Crippen molar-refractivity contribution in [3.63, 3.8) is 0 Å². The molecule has 4 nitrogen and oxygen atoms in total. The van der Waals surface area contributed by atoms with Crippen molar-refractivity contribution in [2.75, 3.05) is 16.8 Å². The number of anilines is 1. The number of nitriles is 1. The second-order valence-corrected chi connectivity index (χ2v) is 7.69. The molecule has 1 heterocycles. The molecular weight excluding hydrogens is 284 g/mol. The fourth-order valence-corrected chi connectivity index (χ4v) is 4.27. The summed E-state index contributed by atoms with van der Waals surface area (Å²) >= 11 is 0. The van der Waals surface area contributed by atoms with Crippen LogP contribution in [0, 0.1) is 11.3 Å². The molecule has 0 saturated carbocycles. The Hall–Kier alpha value is -2.06. The Balaban J connectivity index is 1.90. The van der Waals surface area contributed by atoms with Crippen molar-refractivity contribution in [3.8, 4) is 6.07 Å². The Kier molecular flexibility index (Phi) is 3.56. The number of sulfone groups is 1. The van der Waals surface area contributed by atoms with Crippen LogP contribution in [0.15, 0.2) is 36.4 Å². The summed E-state index contributed by atoms with van der Waals surface area (Å²) < 4.78 is 23.0. The maximum absolute atomic E-state index is 11.5. The zero-order valence-corrected chi connectivity index (χ0v) is 12.4. The molecule has 1 N–H and O–H groups in total. The standard InChI is InChI=1S/C16H16N2O2S/c17-11-12-5-6-16(15-4-2-1-3-14(12)15)18-13-7-9-21(19,20)10-8-13/h1-6,13,18H,7-10H2. The summed E-state index contributed by atoms with van der Waals surface area (Å²) in [6, 6.07) is 13.9. The van der Waals surface area contributed by atoms with Crippen LogP contribution in [0.1, 0.15) is 18.4 Å². The van der Waals surface area contributed by atoms with Crippen LogP contribution in [0.3, 0.4) is 0 Å². The van der Waals surface area contributed by atoms with Crippen molar-refractivity contribution in [2.45, 2.75) is 18.9 Å². The topological polar surface area (TPSA) is 70.0 Å². The minimum atomic E-state index is -2.84. The average Bonchev–Trinajstić information content (AvgIpc) is 2.49. The molecule has 3 rings (SSSR count).